The van der Waals surface area contributed by atoms with Crippen LogP contribution in [0.3, 0.4) is 0 Å². The van der Waals surface area contributed by atoms with Crippen LogP contribution in [0, 0.1) is 5.41 Å². The largest absolute Gasteiger partial charge is 0.493 e. The van der Waals surface area contributed by atoms with Crippen LogP contribution in [0.4, 0.5) is 5.69 Å². The van der Waals surface area contributed by atoms with Crippen LogP contribution < -0.4 is 14.4 Å². The summed E-state index contributed by atoms with van der Waals surface area (Å²) >= 11 is 6.61. The number of ether oxygens (including phenoxy) is 2. The first-order chi connectivity index (χ1) is 20.4. The van der Waals surface area contributed by atoms with Crippen molar-refractivity contribution in [3.8, 4) is 11.5 Å². The monoisotopic (exact) mass is 575 g/mol. The molecule has 1 fully saturated rings. The van der Waals surface area contributed by atoms with Crippen LogP contribution >= 0.6 is 11.6 Å². The van der Waals surface area contributed by atoms with Gasteiger partial charge in [0, 0.05) is 28.3 Å². The molecule has 2 aliphatic heterocycles. The van der Waals surface area contributed by atoms with E-state index in [1.54, 1.807) is 67.8 Å². The fourth-order valence-corrected chi connectivity index (χ4v) is 7.39. The topological polar surface area (TPSA) is 72.9 Å². The third-order valence-corrected chi connectivity index (χ3v) is 9.22. The van der Waals surface area contributed by atoms with Gasteiger partial charge >= 0.3 is 0 Å². The van der Waals surface area contributed by atoms with Crippen LogP contribution in [-0.2, 0) is 0 Å². The second-order valence-corrected chi connectivity index (χ2v) is 11.1. The van der Waals surface area contributed by atoms with Crippen molar-refractivity contribution in [2.75, 3.05) is 19.1 Å². The fourth-order valence-electron chi connectivity index (χ4n) is 7.16. The van der Waals surface area contributed by atoms with Crippen molar-refractivity contribution >= 4 is 40.7 Å². The van der Waals surface area contributed by atoms with Crippen molar-refractivity contribution in [3.05, 3.63) is 130 Å². The molecule has 7 rings (SSSR count). The molecule has 0 saturated carbocycles. The third-order valence-electron chi connectivity index (χ3n) is 8.89. The smallest absolute Gasteiger partial charge is 0.187 e. The lowest BCUT2D eigenvalue weighted by Crippen LogP contribution is -2.48. The molecule has 0 radical (unpaired) electrons. The number of carbonyl (C=O) groups excluding carboxylic acids is 3. The number of anilines is 1. The molecule has 208 valence electrons. The molecule has 0 unspecified atom stereocenters. The number of benzene rings is 4. The first-order valence-electron chi connectivity index (χ1n) is 13.7. The standard InChI is InChI=1S/C35H26ClNO5/c1-41-27-17-15-21(19-28(27)42-2)30-31(32(38)24-12-6-7-13-25(24)36)37-26-14-8-3-9-20(26)16-18-29(37)35(30)33(39)22-10-4-5-11-23(22)34(35)40/h3-19,29-31H,1-2H3/t29-,30-,31+/m1/s1. The van der Waals surface area contributed by atoms with E-state index in [0.717, 1.165) is 11.3 Å². The lowest BCUT2D eigenvalue weighted by molar-refractivity contribution is 0.0665. The molecule has 2 heterocycles. The molecule has 0 aromatic heterocycles. The average Bonchev–Trinajstić information content (AvgIpc) is 3.46. The van der Waals surface area contributed by atoms with Crippen molar-refractivity contribution in [1.29, 1.82) is 0 Å². The Morgan fingerprint density at radius 2 is 1.45 bits per heavy atom. The van der Waals surface area contributed by atoms with E-state index in [-0.39, 0.29) is 17.3 Å². The molecule has 1 spiro atoms. The normalized spacial score (nSPS) is 21.2. The summed E-state index contributed by atoms with van der Waals surface area (Å²) in [6.45, 7) is 0. The molecule has 6 nitrogen and oxygen atoms in total. The number of halogens is 1. The number of nitrogens with zero attached hydrogens (tertiary/aromatic N) is 1. The van der Waals surface area contributed by atoms with Gasteiger partial charge in [-0.2, -0.15) is 0 Å². The summed E-state index contributed by atoms with van der Waals surface area (Å²) < 4.78 is 11.1. The van der Waals surface area contributed by atoms with Crippen molar-refractivity contribution in [1.82, 2.24) is 0 Å². The van der Waals surface area contributed by atoms with Gasteiger partial charge in [0.15, 0.2) is 28.8 Å². The van der Waals surface area contributed by atoms with E-state index in [2.05, 4.69) is 0 Å². The second kappa shape index (κ2) is 9.71. The van der Waals surface area contributed by atoms with E-state index in [9.17, 15) is 14.4 Å². The van der Waals surface area contributed by atoms with Crippen LogP contribution in [0.15, 0.2) is 97.1 Å². The first-order valence-corrected chi connectivity index (χ1v) is 14.1. The van der Waals surface area contributed by atoms with Gasteiger partial charge in [-0.3, -0.25) is 14.4 Å². The minimum Gasteiger partial charge on any atom is -0.493 e. The van der Waals surface area contributed by atoms with Gasteiger partial charge < -0.3 is 14.4 Å². The second-order valence-electron chi connectivity index (χ2n) is 10.7. The van der Waals surface area contributed by atoms with Gasteiger partial charge in [0.05, 0.1) is 25.3 Å². The summed E-state index contributed by atoms with van der Waals surface area (Å²) in [5.74, 6) is -0.811. The van der Waals surface area contributed by atoms with Crippen LogP contribution in [0.5, 0.6) is 11.5 Å². The predicted octanol–water partition coefficient (Wildman–Crippen LogP) is 6.67. The summed E-state index contributed by atoms with van der Waals surface area (Å²) in [7, 11) is 3.07. The number of hydrogen-bond acceptors (Lipinski definition) is 6. The maximum atomic E-state index is 14.8. The van der Waals surface area contributed by atoms with E-state index in [1.807, 2.05) is 47.4 Å². The number of para-hydroxylation sites is 1. The Balaban J connectivity index is 1.57. The summed E-state index contributed by atoms with van der Waals surface area (Å²) in [4.78, 5) is 46.3. The van der Waals surface area contributed by atoms with E-state index in [1.165, 1.54) is 7.11 Å². The van der Waals surface area contributed by atoms with Crippen molar-refractivity contribution in [2.24, 2.45) is 5.41 Å². The molecule has 1 aliphatic carbocycles. The van der Waals surface area contributed by atoms with E-state index in [0.29, 0.717) is 38.8 Å². The van der Waals surface area contributed by atoms with Crippen molar-refractivity contribution < 1.29 is 23.9 Å². The molecule has 0 amide bonds. The number of rotatable bonds is 5. The minimum atomic E-state index is -1.62. The zero-order valence-corrected chi connectivity index (χ0v) is 23.7. The van der Waals surface area contributed by atoms with Gasteiger partial charge in [-0.1, -0.05) is 84.4 Å². The van der Waals surface area contributed by atoms with Gasteiger partial charge in [0.2, 0.25) is 0 Å². The highest BCUT2D eigenvalue weighted by Gasteiger charge is 2.71. The molecule has 4 aromatic carbocycles. The number of ketones is 3. The third kappa shape index (κ3) is 3.42. The first kappa shape index (κ1) is 26.2. The predicted molar refractivity (Wildman–Crippen MR) is 161 cm³/mol. The summed E-state index contributed by atoms with van der Waals surface area (Å²) in [5, 5.41) is 0.305. The highest BCUT2D eigenvalue weighted by atomic mass is 35.5. The van der Waals surface area contributed by atoms with E-state index < -0.39 is 23.4 Å². The van der Waals surface area contributed by atoms with Gasteiger partial charge in [-0.25, -0.2) is 0 Å². The highest BCUT2D eigenvalue weighted by Crippen LogP contribution is 2.61. The molecule has 1 saturated heterocycles. The quantitative estimate of drug-likeness (QED) is 0.195. The molecule has 7 heteroatoms. The molecule has 3 atom stereocenters. The molecule has 3 aliphatic rings. The van der Waals surface area contributed by atoms with Crippen LogP contribution in [0.1, 0.15) is 48.1 Å². The Morgan fingerprint density at radius 3 is 2.14 bits per heavy atom. The maximum Gasteiger partial charge on any atom is 0.187 e. The average molecular weight is 576 g/mol. The number of hydrogen-bond donors (Lipinski definition) is 0. The summed E-state index contributed by atoms with van der Waals surface area (Å²) in [6, 6.07) is 25.2. The lowest BCUT2D eigenvalue weighted by Gasteiger charge is -2.37. The van der Waals surface area contributed by atoms with Gasteiger partial charge in [-0.15, -0.1) is 0 Å². The summed E-state index contributed by atoms with van der Waals surface area (Å²) in [6.07, 6.45) is 3.84. The van der Waals surface area contributed by atoms with Gasteiger partial charge in [-0.05, 0) is 41.5 Å². The van der Waals surface area contributed by atoms with Crippen LogP contribution in [0.2, 0.25) is 5.02 Å². The number of Topliss-reactive ketones (excluding diaryl/α,β-unsaturated/α-hetero) is 3. The van der Waals surface area contributed by atoms with Crippen LogP contribution in [-0.4, -0.2) is 43.7 Å². The van der Waals surface area contributed by atoms with E-state index >= 15 is 0 Å². The van der Waals surface area contributed by atoms with E-state index in [4.69, 9.17) is 21.1 Å². The summed E-state index contributed by atoms with van der Waals surface area (Å²) in [5.41, 5.74) is 1.73. The molecular formula is C35H26ClNO5. The molecular weight excluding hydrogens is 550 g/mol. The fraction of sp³-hybridized carbons (Fsp3) is 0.171. The Kier molecular flexibility index (Phi) is 6.06. The maximum absolute atomic E-state index is 14.8. The zero-order chi connectivity index (χ0) is 29.2. The zero-order valence-electron chi connectivity index (χ0n) is 22.9. The Morgan fingerprint density at radius 1 is 0.810 bits per heavy atom. The molecule has 4 aromatic rings. The minimum absolute atomic E-state index is 0.274. The number of carbonyl (C=O) groups is 3. The van der Waals surface area contributed by atoms with Gasteiger partial charge in [0.25, 0.3) is 0 Å². The SMILES string of the molecule is COc1ccc([C@@H]2[C@@H](C(=O)c3ccccc3Cl)N3c4ccccc4C=C[C@@H]3C23C(=O)c2ccccc2C3=O)cc1OC. The Bertz CT molecular complexity index is 1790. The molecule has 0 N–H and O–H groups in total. The van der Waals surface area contributed by atoms with Crippen LogP contribution in [0.25, 0.3) is 6.08 Å². The van der Waals surface area contributed by atoms with Gasteiger partial charge in [0.1, 0.15) is 11.5 Å². The lowest BCUT2D eigenvalue weighted by atomic mass is 9.64. The Hall–Kier alpha value is -4.68. The molecule has 42 heavy (non-hydrogen) atoms. The molecule has 0 bridgehead atoms. The highest BCUT2D eigenvalue weighted by molar-refractivity contribution is 6.35. The number of methoxy groups -OCH3 is 2. The Labute approximate surface area is 248 Å². The van der Waals surface area contributed by atoms with Crippen molar-refractivity contribution in [3.63, 3.8) is 0 Å². The van der Waals surface area contributed by atoms with Crippen molar-refractivity contribution in [2.45, 2.75) is 18.0 Å². The number of fused-ring (bicyclic) bond motifs is 5.